The number of ether oxygens (including phenoxy) is 2. The van der Waals surface area contributed by atoms with Gasteiger partial charge in [0.1, 0.15) is 0 Å². The lowest BCUT2D eigenvalue weighted by atomic mass is 10.0. The summed E-state index contributed by atoms with van der Waals surface area (Å²) in [7, 11) is 3.25. The first kappa shape index (κ1) is 22.6. The van der Waals surface area contributed by atoms with Crippen LogP contribution < -0.4 is 9.47 Å². The normalized spacial score (nSPS) is 15.7. The van der Waals surface area contributed by atoms with E-state index in [0.717, 1.165) is 43.5 Å². The molecule has 3 rings (SSSR count). The van der Waals surface area contributed by atoms with Crippen molar-refractivity contribution in [3.8, 4) is 17.6 Å². The zero-order valence-electron chi connectivity index (χ0n) is 18.6. The third-order valence-corrected chi connectivity index (χ3v) is 5.75. The summed E-state index contributed by atoms with van der Waals surface area (Å²) in [6.07, 6.45) is 2.92. The van der Waals surface area contributed by atoms with E-state index in [1.165, 1.54) is 0 Å². The van der Waals surface area contributed by atoms with Gasteiger partial charge in [0.25, 0.3) is 0 Å². The summed E-state index contributed by atoms with van der Waals surface area (Å²) in [4.78, 5) is 17.5. The monoisotopic (exact) mass is 421 g/mol. The smallest absolute Gasteiger partial charge is 0.237 e. The quantitative estimate of drug-likeness (QED) is 0.609. The Morgan fingerprint density at radius 2 is 1.90 bits per heavy atom. The van der Waals surface area contributed by atoms with Crippen molar-refractivity contribution in [2.75, 3.05) is 33.9 Å². The van der Waals surface area contributed by atoms with Crippen LogP contribution in [0.15, 0.2) is 42.5 Å². The van der Waals surface area contributed by atoms with Gasteiger partial charge in [0.05, 0.1) is 38.4 Å². The number of hydrogen-bond acceptors (Lipinski definition) is 5. The number of carbonyl (C=O) groups excluding carboxylic acids is 1. The first-order valence-corrected chi connectivity index (χ1v) is 10.8. The predicted molar refractivity (Wildman–Crippen MR) is 120 cm³/mol. The van der Waals surface area contributed by atoms with E-state index in [1.54, 1.807) is 14.2 Å². The number of amides is 1. The number of benzene rings is 2. The largest absolute Gasteiger partial charge is 0.493 e. The summed E-state index contributed by atoms with van der Waals surface area (Å²) in [5, 5.41) is 8.99. The number of carbonyl (C=O) groups is 1. The van der Waals surface area contributed by atoms with Crippen LogP contribution in [0.2, 0.25) is 0 Å². The van der Waals surface area contributed by atoms with Crippen LogP contribution >= 0.6 is 0 Å². The van der Waals surface area contributed by atoms with Gasteiger partial charge in [0.15, 0.2) is 11.5 Å². The van der Waals surface area contributed by atoms with Crippen molar-refractivity contribution in [3.63, 3.8) is 0 Å². The maximum Gasteiger partial charge on any atom is 0.237 e. The third-order valence-electron chi connectivity index (χ3n) is 5.75. The molecule has 1 amide bonds. The summed E-state index contributed by atoms with van der Waals surface area (Å²) in [5.74, 6) is 1.53. The second-order valence-corrected chi connectivity index (χ2v) is 7.88. The highest BCUT2D eigenvalue weighted by Gasteiger charge is 2.31. The molecule has 1 atom stereocenters. The van der Waals surface area contributed by atoms with Crippen molar-refractivity contribution in [1.29, 1.82) is 5.26 Å². The SMILES string of the molecule is CCCN(CC(=O)N1CCCC1c1ccc(OC)c(OC)c1)Cc1ccc(C#N)cc1. The topological polar surface area (TPSA) is 65.8 Å². The molecule has 0 radical (unpaired) electrons. The fourth-order valence-corrected chi connectivity index (χ4v) is 4.23. The fourth-order valence-electron chi connectivity index (χ4n) is 4.23. The van der Waals surface area contributed by atoms with Gasteiger partial charge in [-0.15, -0.1) is 0 Å². The fraction of sp³-hybridized carbons (Fsp3) is 0.440. The number of likely N-dealkylation sites (tertiary alicyclic amines) is 1. The molecule has 0 aliphatic carbocycles. The predicted octanol–water partition coefficient (Wildman–Crippen LogP) is 4.15. The van der Waals surface area contributed by atoms with Crippen molar-refractivity contribution < 1.29 is 14.3 Å². The van der Waals surface area contributed by atoms with Crippen molar-refractivity contribution in [2.24, 2.45) is 0 Å². The molecule has 1 aliphatic rings. The van der Waals surface area contributed by atoms with Gasteiger partial charge in [-0.25, -0.2) is 0 Å². The molecule has 1 unspecified atom stereocenters. The Hall–Kier alpha value is -3.04. The van der Waals surface area contributed by atoms with Crippen LogP contribution in [0.1, 0.15) is 48.9 Å². The molecule has 1 aliphatic heterocycles. The molecule has 0 bridgehead atoms. The molecule has 0 aromatic heterocycles. The lowest BCUT2D eigenvalue weighted by molar-refractivity contribution is -0.133. The highest BCUT2D eigenvalue weighted by Crippen LogP contribution is 2.37. The highest BCUT2D eigenvalue weighted by molar-refractivity contribution is 5.79. The third kappa shape index (κ3) is 5.56. The number of nitriles is 1. The van der Waals surface area contributed by atoms with Crippen LogP contribution in [0, 0.1) is 11.3 Å². The molecule has 1 fully saturated rings. The Bertz CT molecular complexity index is 921. The molecule has 1 saturated heterocycles. The average molecular weight is 422 g/mol. The lowest BCUT2D eigenvalue weighted by Crippen LogP contribution is -2.40. The second kappa shape index (κ2) is 10.8. The van der Waals surface area contributed by atoms with Crippen LogP contribution in [0.25, 0.3) is 0 Å². The zero-order chi connectivity index (χ0) is 22.2. The lowest BCUT2D eigenvalue weighted by Gasteiger charge is -2.29. The van der Waals surface area contributed by atoms with Crippen LogP contribution in [0.3, 0.4) is 0 Å². The van der Waals surface area contributed by atoms with E-state index in [9.17, 15) is 4.79 Å². The molecule has 2 aromatic carbocycles. The Morgan fingerprint density at radius 3 is 2.55 bits per heavy atom. The van der Waals surface area contributed by atoms with Crippen LogP contribution in [-0.4, -0.2) is 49.6 Å². The molecule has 0 saturated carbocycles. The van der Waals surface area contributed by atoms with E-state index in [0.29, 0.717) is 30.2 Å². The first-order chi connectivity index (χ1) is 15.1. The summed E-state index contributed by atoms with van der Waals surface area (Å²) in [6, 6.07) is 15.7. The van der Waals surface area contributed by atoms with Gasteiger partial charge in [0.2, 0.25) is 5.91 Å². The van der Waals surface area contributed by atoms with Crippen LogP contribution in [-0.2, 0) is 11.3 Å². The maximum absolute atomic E-state index is 13.3. The van der Waals surface area contributed by atoms with E-state index < -0.39 is 0 Å². The molecule has 31 heavy (non-hydrogen) atoms. The summed E-state index contributed by atoms with van der Waals surface area (Å²) in [6.45, 7) is 4.83. The van der Waals surface area contributed by atoms with Gasteiger partial charge >= 0.3 is 0 Å². The van der Waals surface area contributed by atoms with Crippen LogP contribution in [0.4, 0.5) is 0 Å². The van der Waals surface area contributed by atoms with E-state index in [1.807, 2.05) is 47.4 Å². The Morgan fingerprint density at radius 1 is 1.16 bits per heavy atom. The Labute approximate surface area is 185 Å². The molecule has 6 heteroatoms. The van der Waals surface area contributed by atoms with E-state index in [2.05, 4.69) is 17.9 Å². The summed E-state index contributed by atoms with van der Waals surface area (Å²) < 4.78 is 10.8. The molecular weight excluding hydrogens is 390 g/mol. The van der Waals surface area contributed by atoms with Gasteiger partial charge in [-0.3, -0.25) is 9.69 Å². The number of nitrogens with zero attached hydrogens (tertiary/aromatic N) is 3. The van der Waals surface area contributed by atoms with Crippen LogP contribution in [0.5, 0.6) is 11.5 Å². The average Bonchev–Trinajstić information content (AvgIpc) is 3.29. The standard InChI is InChI=1S/C25H31N3O3/c1-4-13-27(17-20-9-7-19(16-26)8-10-20)18-25(29)28-14-5-6-22(28)21-11-12-23(30-2)24(15-21)31-3/h7-12,15,22H,4-6,13-14,17-18H2,1-3H3. The summed E-state index contributed by atoms with van der Waals surface area (Å²) in [5.41, 5.74) is 2.84. The van der Waals surface area contributed by atoms with Crippen molar-refractivity contribution in [1.82, 2.24) is 9.80 Å². The zero-order valence-corrected chi connectivity index (χ0v) is 18.6. The van der Waals surface area contributed by atoms with E-state index in [4.69, 9.17) is 14.7 Å². The van der Waals surface area contributed by atoms with Gasteiger partial charge < -0.3 is 14.4 Å². The minimum Gasteiger partial charge on any atom is -0.493 e. The Balaban J connectivity index is 1.71. The maximum atomic E-state index is 13.3. The van der Waals surface area contributed by atoms with Crippen molar-refractivity contribution >= 4 is 5.91 Å². The number of hydrogen-bond donors (Lipinski definition) is 0. The first-order valence-electron chi connectivity index (χ1n) is 10.8. The number of rotatable bonds is 9. The second-order valence-electron chi connectivity index (χ2n) is 7.88. The van der Waals surface area contributed by atoms with Gasteiger partial charge in [0, 0.05) is 13.1 Å². The van der Waals surface area contributed by atoms with Gasteiger partial charge in [-0.05, 0) is 61.2 Å². The highest BCUT2D eigenvalue weighted by atomic mass is 16.5. The summed E-state index contributed by atoms with van der Waals surface area (Å²) >= 11 is 0. The van der Waals surface area contributed by atoms with E-state index >= 15 is 0 Å². The molecule has 6 nitrogen and oxygen atoms in total. The molecular formula is C25H31N3O3. The van der Waals surface area contributed by atoms with Crippen molar-refractivity contribution in [3.05, 3.63) is 59.2 Å². The van der Waals surface area contributed by atoms with Gasteiger partial charge in [-0.1, -0.05) is 25.1 Å². The Kier molecular flexibility index (Phi) is 7.91. The number of methoxy groups -OCH3 is 2. The molecule has 164 valence electrons. The molecule has 0 N–H and O–H groups in total. The minimum absolute atomic E-state index is 0.0608. The molecule has 2 aromatic rings. The minimum atomic E-state index is 0.0608. The van der Waals surface area contributed by atoms with Crippen molar-refractivity contribution in [2.45, 2.75) is 38.8 Å². The van der Waals surface area contributed by atoms with E-state index in [-0.39, 0.29) is 11.9 Å². The molecule has 1 heterocycles. The molecule has 0 spiro atoms. The van der Waals surface area contributed by atoms with Gasteiger partial charge in [-0.2, -0.15) is 5.26 Å².